The van der Waals surface area contributed by atoms with Gasteiger partial charge in [0.15, 0.2) is 11.6 Å². The van der Waals surface area contributed by atoms with E-state index in [0.717, 1.165) is 10.5 Å². The highest BCUT2D eigenvalue weighted by Crippen LogP contribution is 2.21. The highest BCUT2D eigenvalue weighted by atomic mass is 16.6. The van der Waals surface area contributed by atoms with Crippen molar-refractivity contribution in [3.05, 3.63) is 35.9 Å². The maximum absolute atomic E-state index is 12.4. The number of hydrogen-bond acceptors (Lipinski definition) is 6. The Morgan fingerprint density at radius 2 is 1.69 bits per heavy atom. The molecule has 8 nitrogen and oxygen atoms in total. The molecule has 1 unspecified atom stereocenters. The van der Waals surface area contributed by atoms with Gasteiger partial charge in [-0.25, -0.2) is 9.69 Å². The minimum Gasteiger partial charge on any atom is -0.444 e. The van der Waals surface area contributed by atoms with Crippen molar-refractivity contribution in [1.82, 2.24) is 10.2 Å². The Bertz CT molecular complexity index is 744. The smallest absolute Gasteiger partial charge is 0.417 e. The van der Waals surface area contributed by atoms with Crippen molar-refractivity contribution in [1.29, 1.82) is 0 Å². The van der Waals surface area contributed by atoms with Crippen LogP contribution in [0.5, 0.6) is 0 Å². The molecule has 2 fully saturated rings. The van der Waals surface area contributed by atoms with Crippen molar-refractivity contribution in [3.8, 4) is 0 Å². The molecule has 1 atom stereocenters. The lowest BCUT2D eigenvalue weighted by Crippen LogP contribution is -2.52. The number of amides is 3. The summed E-state index contributed by atoms with van der Waals surface area (Å²) in [7, 11) is 0. The number of likely N-dealkylation sites (tertiary alicyclic amines) is 1. The number of ether oxygens (including phenoxy) is 1. The maximum Gasteiger partial charge on any atom is 0.417 e. The Morgan fingerprint density at radius 1 is 1.04 bits per heavy atom. The molecule has 0 spiro atoms. The van der Waals surface area contributed by atoms with Crippen LogP contribution in [-0.4, -0.2) is 46.5 Å². The number of hydrogen-bond donors (Lipinski definition) is 1. The van der Waals surface area contributed by atoms with Crippen LogP contribution in [0.3, 0.4) is 0 Å². The quantitative estimate of drug-likeness (QED) is 0.795. The molecule has 2 aliphatic rings. The third-order valence-corrected chi connectivity index (χ3v) is 4.46. The van der Waals surface area contributed by atoms with Crippen LogP contribution in [0.25, 0.3) is 0 Å². The molecule has 1 aliphatic heterocycles. The summed E-state index contributed by atoms with van der Waals surface area (Å²) in [5, 5.41) is 2.36. The van der Waals surface area contributed by atoms with E-state index in [4.69, 9.17) is 4.74 Å². The van der Waals surface area contributed by atoms with Gasteiger partial charge in [0, 0.05) is 19.3 Å². The maximum atomic E-state index is 12.4. The summed E-state index contributed by atoms with van der Waals surface area (Å²) in [6.07, 6.45) is -0.585. The highest BCUT2D eigenvalue weighted by Gasteiger charge is 2.43. The number of nitrogens with zero attached hydrogens (tertiary/aromatic N) is 1. The Balaban J connectivity index is 1.64. The van der Waals surface area contributed by atoms with E-state index < -0.39 is 30.0 Å². The van der Waals surface area contributed by atoms with Gasteiger partial charge in [-0.15, -0.1) is 0 Å². The van der Waals surface area contributed by atoms with E-state index in [9.17, 15) is 24.0 Å². The third-order valence-electron chi connectivity index (χ3n) is 4.46. The third kappa shape index (κ3) is 3.63. The molecule has 1 N–H and O–H groups in total. The molecule has 1 saturated heterocycles. The van der Waals surface area contributed by atoms with Crippen LogP contribution in [0.1, 0.15) is 31.2 Å². The topological polar surface area (TPSA) is 110 Å². The SMILES string of the molecule is O=C1CCC(=O)C1NC(=O)C1CCC(=O)N1C(=O)OCc1ccccc1. The minimum atomic E-state index is -1.18. The van der Waals surface area contributed by atoms with E-state index in [0.29, 0.717) is 0 Å². The number of imide groups is 1. The predicted molar refractivity (Wildman–Crippen MR) is 87.7 cm³/mol. The summed E-state index contributed by atoms with van der Waals surface area (Å²) in [6.45, 7) is -0.0304. The summed E-state index contributed by atoms with van der Waals surface area (Å²) in [4.78, 5) is 60.8. The molecule has 1 aromatic rings. The Labute approximate surface area is 149 Å². The van der Waals surface area contributed by atoms with Gasteiger partial charge in [0.25, 0.3) is 0 Å². The number of Topliss-reactive ketones (excluding diaryl/α,β-unsaturated/α-hetero) is 2. The Morgan fingerprint density at radius 3 is 2.35 bits per heavy atom. The van der Waals surface area contributed by atoms with Crippen LogP contribution in [0.15, 0.2) is 30.3 Å². The van der Waals surface area contributed by atoms with Crippen molar-refractivity contribution in [2.45, 2.75) is 44.4 Å². The number of carbonyl (C=O) groups excluding carboxylic acids is 5. The van der Waals surface area contributed by atoms with Gasteiger partial charge in [0.2, 0.25) is 11.8 Å². The summed E-state index contributed by atoms with van der Waals surface area (Å²) in [5.74, 6) is -1.93. The van der Waals surface area contributed by atoms with Gasteiger partial charge in [-0.1, -0.05) is 30.3 Å². The molecule has 136 valence electrons. The molecule has 1 aliphatic carbocycles. The fourth-order valence-electron chi connectivity index (χ4n) is 3.06. The second-order valence-corrected chi connectivity index (χ2v) is 6.23. The molecule has 0 bridgehead atoms. The zero-order valence-corrected chi connectivity index (χ0v) is 14.0. The Hall–Kier alpha value is -3.03. The molecule has 26 heavy (non-hydrogen) atoms. The van der Waals surface area contributed by atoms with Crippen molar-refractivity contribution >= 4 is 29.5 Å². The molecule has 0 radical (unpaired) electrons. The van der Waals surface area contributed by atoms with Gasteiger partial charge in [0.05, 0.1) is 0 Å². The molecule has 1 saturated carbocycles. The lowest BCUT2D eigenvalue weighted by molar-refractivity contribution is -0.136. The van der Waals surface area contributed by atoms with E-state index >= 15 is 0 Å². The predicted octanol–water partition coefficient (Wildman–Crippen LogP) is 0.731. The van der Waals surface area contributed by atoms with E-state index in [-0.39, 0.29) is 43.9 Å². The van der Waals surface area contributed by atoms with Gasteiger partial charge in [-0.2, -0.15) is 0 Å². The van der Waals surface area contributed by atoms with Crippen LogP contribution < -0.4 is 5.32 Å². The number of nitrogens with one attached hydrogen (secondary N) is 1. The first kappa shape index (κ1) is 17.8. The van der Waals surface area contributed by atoms with Gasteiger partial charge >= 0.3 is 6.09 Å². The summed E-state index contributed by atoms with van der Waals surface area (Å²) >= 11 is 0. The molecule has 8 heteroatoms. The molecule has 3 amide bonds. The molecule has 3 rings (SSSR count). The highest BCUT2D eigenvalue weighted by molar-refractivity contribution is 6.14. The van der Waals surface area contributed by atoms with E-state index in [2.05, 4.69) is 5.32 Å². The lowest BCUT2D eigenvalue weighted by Gasteiger charge is -2.22. The first-order chi connectivity index (χ1) is 12.5. The molecule has 0 aromatic heterocycles. The van der Waals surface area contributed by atoms with Gasteiger partial charge < -0.3 is 10.1 Å². The molecule has 1 aromatic carbocycles. The second-order valence-electron chi connectivity index (χ2n) is 6.23. The van der Waals surface area contributed by atoms with Gasteiger partial charge in [-0.3, -0.25) is 19.2 Å². The van der Waals surface area contributed by atoms with Crippen molar-refractivity contribution in [3.63, 3.8) is 0 Å². The van der Waals surface area contributed by atoms with Gasteiger partial charge in [0.1, 0.15) is 18.7 Å². The van der Waals surface area contributed by atoms with Crippen LogP contribution in [0.2, 0.25) is 0 Å². The van der Waals surface area contributed by atoms with Crippen LogP contribution in [-0.2, 0) is 30.5 Å². The normalized spacial score (nSPS) is 20.5. The van der Waals surface area contributed by atoms with E-state index in [1.807, 2.05) is 6.07 Å². The van der Waals surface area contributed by atoms with E-state index in [1.54, 1.807) is 24.3 Å². The van der Waals surface area contributed by atoms with Crippen LogP contribution >= 0.6 is 0 Å². The number of carbonyl (C=O) groups is 5. The molecule has 1 heterocycles. The Kier molecular flexibility index (Phi) is 5.11. The molecular weight excluding hydrogens is 340 g/mol. The fraction of sp³-hybridized carbons (Fsp3) is 0.389. The van der Waals surface area contributed by atoms with Gasteiger partial charge in [-0.05, 0) is 12.0 Å². The average molecular weight is 358 g/mol. The van der Waals surface area contributed by atoms with Crippen molar-refractivity contribution < 1.29 is 28.7 Å². The van der Waals surface area contributed by atoms with Crippen LogP contribution in [0.4, 0.5) is 4.79 Å². The number of ketones is 2. The fourth-order valence-corrected chi connectivity index (χ4v) is 3.06. The standard InChI is InChI=1S/C18H18N2O6/c21-13-7-8-14(22)16(13)19-17(24)12-6-9-15(23)20(12)18(25)26-10-11-4-2-1-3-5-11/h1-5,12,16H,6-10H2,(H,19,24). The summed E-state index contributed by atoms with van der Waals surface area (Å²) < 4.78 is 5.13. The molecular formula is C18H18N2O6. The van der Waals surface area contributed by atoms with E-state index in [1.165, 1.54) is 0 Å². The van der Waals surface area contributed by atoms with Crippen molar-refractivity contribution in [2.75, 3.05) is 0 Å². The first-order valence-corrected chi connectivity index (χ1v) is 8.36. The second kappa shape index (κ2) is 7.47. The monoisotopic (exact) mass is 358 g/mol. The number of rotatable bonds is 4. The number of benzene rings is 1. The lowest BCUT2D eigenvalue weighted by atomic mass is 10.1. The summed E-state index contributed by atoms with van der Waals surface area (Å²) in [6, 6.07) is 6.67. The minimum absolute atomic E-state index is 0.0189. The van der Waals surface area contributed by atoms with Crippen LogP contribution in [0, 0.1) is 0 Å². The average Bonchev–Trinajstić information content (AvgIpc) is 3.17. The zero-order chi connectivity index (χ0) is 18.7. The largest absolute Gasteiger partial charge is 0.444 e. The zero-order valence-electron chi connectivity index (χ0n) is 14.0. The van der Waals surface area contributed by atoms with Crippen molar-refractivity contribution in [2.24, 2.45) is 0 Å². The summed E-state index contributed by atoms with van der Waals surface area (Å²) in [5.41, 5.74) is 0.746. The first-order valence-electron chi connectivity index (χ1n) is 8.36.